The number of hydrogen-bond donors (Lipinski definition) is 1. The maximum atomic E-state index is 10.0. The smallest absolute Gasteiger partial charge is 0.532 e. The Morgan fingerprint density at radius 2 is 1.95 bits per heavy atom. The van der Waals surface area contributed by atoms with Gasteiger partial charge in [-0.1, -0.05) is 38.1 Å². The maximum absolute atomic E-state index is 10.0. The first-order chi connectivity index (χ1) is 17.8. The first-order valence-corrected chi connectivity index (χ1v) is 12.1. The van der Waals surface area contributed by atoms with Crippen LogP contribution >= 0.6 is 0 Å². The molecule has 0 radical (unpaired) electrons. The Labute approximate surface area is 242 Å². The molecule has 0 fully saturated rings. The summed E-state index contributed by atoms with van der Waals surface area (Å²) >= 11 is 0. The Morgan fingerprint density at radius 3 is 2.63 bits per heavy atom. The number of nitrogens with zero attached hydrogens (tertiary/aromatic N) is 6. The second-order valence-corrected chi connectivity index (χ2v) is 9.95. The summed E-state index contributed by atoms with van der Waals surface area (Å²) in [5, 5.41) is 7.83. The summed E-state index contributed by atoms with van der Waals surface area (Å²) in [5.74, 6) is 2.21. The topological polar surface area (TPSA) is 125 Å². The first-order valence-electron chi connectivity index (χ1n) is 12.1. The van der Waals surface area contributed by atoms with Crippen LogP contribution in [0.3, 0.4) is 0 Å². The number of imidazole rings is 1. The summed E-state index contributed by atoms with van der Waals surface area (Å²) in [7, 11) is 1.89. The van der Waals surface area contributed by atoms with Crippen LogP contribution in [0, 0.1) is 0 Å². The van der Waals surface area contributed by atoms with Gasteiger partial charge in [-0.25, -0.2) is 15.0 Å². The van der Waals surface area contributed by atoms with Gasteiger partial charge in [-0.3, -0.25) is 4.68 Å². The number of ether oxygens (including phenoxy) is 1. The predicted octanol–water partition coefficient (Wildman–Crippen LogP) is 1.57. The summed E-state index contributed by atoms with van der Waals surface area (Å²) in [6.45, 7) is 6.60. The van der Waals surface area contributed by atoms with E-state index in [9.17, 15) is 4.79 Å². The normalized spacial score (nSPS) is 12.9. The van der Waals surface area contributed by atoms with Gasteiger partial charge in [0.15, 0.2) is 11.5 Å². The number of rotatable bonds is 3. The van der Waals surface area contributed by atoms with Gasteiger partial charge >= 0.3 is 29.6 Å². The largest absolute Gasteiger partial charge is 1.00 e. The summed E-state index contributed by atoms with van der Waals surface area (Å²) in [5.41, 5.74) is 5.88. The number of aromatic nitrogens is 7. The monoisotopic (exact) mass is 521 g/mol. The molecule has 38 heavy (non-hydrogen) atoms. The van der Waals surface area contributed by atoms with Crippen molar-refractivity contribution in [1.29, 1.82) is 0 Å². The van der Waals surface area contributed by atoms with Crippen LogP contribution in [0.1, 0.15) is 50.9 Å². The van der Waals surface area contributed by atoms with Crippen molar-refractivity contribution in [3.05, 3.63) is 60.1 Å². The van der Waals surface area contributed by atoms with Crippen molar-refractivity contribution < 1.29 is 43.6 Å². The van der Waals surface area contributed by atoms with Crippen LogP contribution in [-0.4, -0.2) is 47.8 Å². The molecule has 0 saturated carbocycles. The zero-order chi connectivity index (χ0) is 26.0. The van der Waals surface area contributed by atoms with Crippen LogP contribution in [0.2, 0.25) is 0 Å². The quantitative estimate of drug-likeness (QED) is 0.280. The molecule has 6 rings (SSSR count). The van der Waals surface area contributed by atoms with Crippen LogP contribution in [0.25, 0.3) is 33.7 Å². The molecule has 190 valence electrons. The van der Waals surface area contributed by atoms with Crippen LogP contribution in [0.5, 0.6) is 5.75 Å². The van der Waals surface area contributed by atoms with Crippen molar-refractivity contribution in [2.75, 3.05) is 6.61 Å². The Bertz CT molecular complexity index is 1550. The van der Waals surface area contributed by atoms with Gasteiger partial charge in [-0.2, -0.15) is 11.4 Å². The zero-order valence-corrected chi connectivity index (χ0v) is 24.3. The molecule has 0 spiro atoms. The average molecular weight is 522 g/mol. The van der Waals surface area contributed by atoms with Crippen molar-refractivity contribution in [1.82, 2.24) is 34.9 Å². The van der Waals surface area contributed by atoms with E-state index in [4.69, 9.17) is 4.74 Å². The van der Waals surface area contributed by atoms with Gasteiger partial charge in [0.2, 0.25) is 0 Å². The molecule has 0 aliphatic carbocycles. The number of nitrogens with one attached hydrogen (secondary N) is 1. The molecule has 1 aliphatic rings. The van der Waals surface area contributed by atoms with E-state index < -0.39 is 0 Å². The van der Waals surface area contributed by atoms with Gasteiger partial charge < -0.3 is 19.0 Å². The Morgan fingerprint density at radius 1 is 1.11 bits per heavy atom. The third-order valence-electron chi connectivity index (χ3n) is 6.03. The predicted molar refractivity (Wildman–Crippen MR) is 138 cm³/mol. The number of benzene rings is 1. The fraction of sp³-hybridized carbons (Fsp3) is 0.333. The Hall–Kier alpha value is -3.34. The minimum Gasteiger partial charge on any atom is -0.532 e. The molecule has 1 N–H and O–H groups in total. The number of aromatic amines is 1. The molecule has 0 atom stereocenters. The zero-order valence-electron chi connectivity index (χ0n) is 22.3. The van der Waals surface area contributed by atoms with Crippen molar-refractivity contribution in [3.8, 4) is 28.3 Å². The van der Waals surface area contributed by atoms with E-state index in [1.165, 1.54) is 18.3 Å². The van der Waals surface area contributed by atoms with Crippen molar-refractivity contribution in [2.24, 2.45) is 7.05 Å². The number of fused-ring (bicyclic) bond motifs is 2. The van der Waals surface area contributed by atoms with Gasteiger partial charge in [0.05, 0.1) is 23.9 Å². The molecule has 0 saturated heterocycles. The van der Waals surface area contributed by atoms with Gasteiger partial charge in [-0.15, -0.1) is 0 Å². The van der Waals surface area contributed by atoms with Crippen molar-refractivity contribution in [3.63, 3.8) is 0 Å². The summed E-state index contributed by atoms with van der Waals surface area (Å²) in [6, 6.07) is 8.50. The number of H-pyrrole nitrogens is 1. The maximum Gasteiger partial charge on any atom is 1.00 e. The van der Waals surface area contributed by atoms with E-state index in [2.05, 4.69) is 52.9 Å². The fourth-order valence-electron chi connectivity index (χ4n) is 4.06. The van der Waals surface area contributed by atoms with Crippen LogP contribution < -0.4 is 34.3 Å². The molecule has 5 heterocycles. The van der Waals surface area contributed by atoms with Crippen molar-refractivity contribution >= 4 is 17.5 Å². The van der Waals surface area contributed by atoms with Crippen LogP contribution in [-0.2, 0) is 23.7 Å². The second-order valence-electron chi connectivity index (χ2n) is 9.95. The summed E-state index contributed by atoms with van der Waals surface area (Å²) in [6.07, 6.45) is 10.4. The number of hydrogen-bond acceptors (Lipinski definition) is 8. The van der Waals surface area contributed by atoms with E-state index in [0.29, 0.717) is 11.5 Å². The fourth-order valence-corrected chi connectivity index (χ4v) is 4.06. The van der Waals surface area contributed by atoms with E-state index in [1.54, 1.807) is 17.1 Å². The SMILES string of the molecule is CC(C)(C)c1noc([C-]=O)n1.Cn1cc(-c2nc3nccc(-c4ccc5c(c4)OCCCC5)c3[nH]2)cn1.[Na+]. The molecule has 1 aliphatic heterocycles. The van der Waals surface area contributed by atoms with Crippen LogP contribution in [0.15, 0.2) is 47.4 Å². The minimum atomic E-state index is -0.182. The van der Waals surface area contributed by atoms with Gasteiger partial charge in [0.25, 0.3) is 0 Å². The standard InChI is InChI=1S/C20H19N5O.C7H9N2O2.Na/c1-25-12-15(11-22-25)19-23-18-16(7-8-21-20(18)24-19)14-6-5-13-4-2-3-9-26-17(13)10-14;1-7(2,3)6-8-5(4-10)11-9-6;/h5-8,10-12H,2-4,9H2,1H3,(H,21,23,24);1-3H3;/q;-1;+1. The molecule has 1 aromatic carbocycles. The summed E-state index contributed by atoms with van der Waals surface area (Å²) in [4.78, 5) is 26.3. The van der Waals surface area contributed by atoms with Gasteiger partial charge in [0, 0.05) is 30.4 Å². The van der Waals surface area contributed by atoms with Gasteiger partial charge in [0.1, 0.15) is 17.5 Å². The number of carbonyl (C=O) groups excluding carboxylic acids is 1. The minimum absolute atomic E-state index is 0. The van der Waals surface area contributed by atoms with E-state index in [1.807, 2.05) is 40.1 Å². The first kappa shape index (κ1) is 27.7. The third-order valence-corrected chi connectivity index (χ3v) is 6.03. The molecule has 11 heteroatoms. The van der Waals surface area contributed by atoms with E-state index >= 15 is 0 Å². The molecule has 0 bridgehead atoms. The average Bonchev–Trinajstić information content (AvgIpc) is 3.60. The second kappa shape index (κ2) is 11.6. The van der Waals surface area contributed by atoms with E-state index in [-0.39, 0.29) is 40.9 Å². The molecule has 0 amide bonds. The molecular weight excluding hydrogens is 493 g/mol. The molecule has 0 unspecified atom stereocenters. The Balaban J connectivity index is 0.000000238. The number of pyridine rings is 1. The molecular formula is C27H28N7NaO3. The van der Waals surface area contributed by atoms with E-state index in [0.717, 1.165) is 53.2 Å². The van der Waals surface area contributed by atoms with Crippen molar-refractivity contribution in [2.45, 2.75) is 45.4 Å². The summed E-state index contributed by atoms with van der Waals surface area (Å²) < 4.78 is 12.3. The Kier molecular flexibility index (Phi) is 8.44. The molecule has 4 aromatic heterocycles. The molecule has 5 aromatic rings. The third kappa shape index (κ3) is 6.03. The van der Waals surface area contributed by atoms with Crippen LogP contribution in [0.4, 0.5) is 0 Å². The molecule has 10 nitrogen and oxygen atoms in total. The van der Waals surface area contributed by atoms with Gasteiger partial charge in [-0.05, 0) is 42.5 Å². The number of aryl methyl sites for hydroxylation is 2.